The Morgan fingerprint density at radius 3 is 2.52 bits per heavy atom. The lowest BCUT2D eigenvalue weighted by Gasteiger charge is -2.30. The minimum atomic E-state index is -0.0243. The molecule has 1 aliphatic rings. The van der Waals surface area contributed by atoms with E-state index in [1.54, 1.807) is 0 Å². The number of hydrogen-bond acceptors (Lipinski definition) is 3. The third-order valence-electron chi connectivity index (χ3n) is 5.32. The second-order valence-corrected chi connectivity index (χ2v) is 7.98. The van der Waals surface area contributed by atoms with E-state index in [4.69, 9.17) is 4.74 Å². The van der Waals surface area contributed by atoms with E-state index >= 15 is 0 Å². The number of unbranched alkanes of at least 4 members (excludes halogenated alkanes) is 2. The highest BCUT2D eigenvalue weighted by Crippen LogP contribution is 2.43. The number of allylic oxidation sites excluding steroid dienone is 4. The Kier molecular flexibility index (Phi) is 8.43. The van der Waals surface area contributed by atoms with Crippen molar-refractivity contribution in [3.05, 3.63) is 46.1 Å². The molecule has 2 N–H and O–H groups in total. The molecule has 2 rings (SSSR count). The lowest BCUT2D eigenvalue weighted by Crippen LogP contribution is -2.20. The van der Waals surface area contributed by atoms with E-state index in [9.17, 15) is 10.2 Å². The molecule has 0 aliphatic carbocycles. The Morgan fingerprint density at radius 1 is 1.19 bits per heavy atom. The van der Waals surface area contributed by atoms with Gasteiger partial charge in [0.05, 0.1) is 12.7 Å². The van der Waals surface area contributed by atoms with Crippen molar-refractivity contribution in [2.24, 2.45) is 0 Å². The van der Waals surface area contributed by atoms with Gasteiger partial charge in [0.2, 0.25) is 0 Å². The lowest BCUT2D eigenvalue weighted by molar-refractivity contribution is -0.0543. The zero-order valence-corrected chi connectivity index (χ0v) is 17.5. The first kappa shape index (κ1) is 21.6. The predicted molar refractivity (Wildman–Crippen MR) is 112 cm³/mol. The molecular weight excluding hydrogens is 336 g/mol. The molecule has 1 unspecified atom stereocenters. The molecular formula is C24H36O3. The van der Waals surface area contributed by atoms with Gasteiger partial charge in [-0.3, -0.25) is 0 Å². The molecule has 150 valence electrons. The van der Waals surface area contributed by atoms with Gasteiger partial charge in [-0.15, -0.1) is 0 Å². The summed E-state index contributed by atoms with van der Waals surface area (Å²) < 4.78 is 5.68. The quantitative estimate of drug-likeness (QED) is 0.363. The van der Waals surface area contributed by atoms with Crippen molar-refractivity contribution in [3.8, 4) is 11.5 Å². The second kappa shape index (κ2) is 10.6. The molecule has 1 aliphatic heterocycles. The number of phenols is 2. The van der Waals surface area contributed by atoms with Crippen LogP contribution in [0.1, 0.15) is 89.0 Å². The zero-order valence-electron chi connectivity index (χ0n) is 17.5. The second-order valence-electron chi connectivity index (χ2n) is 7.98. The van der Waals surface area contributed by atoms with Gasteiger partial charge in [-0.1, -0.05) is 43.1 Å². The fourth-order valence-electron chi connectivity index (χ4n) is 3.53. The molecule has 1 atom stereocenters. The normalized spacial score (nSPS) is 16.9. The third-order valence-corrected chi connectivity index (χ3v) is 5.32. The summed E-state index contributed by atoms with van der Waals surface area (Å²) in [4.78, 5) is 0. The monoisotopic (exact) mass is 372 g/mol. The van der Waals surface area contributed by atoms with Crippen molar-refractivity contribution >= 4 is 0 Å². The van der Waals surface area contributed by atoms with Crippen molar-refractivity contribution in [2.75, 3.05) is 6.61 Å². The van der Waals surface area contributed by atoms with Crippen LogP contribution in [0.3, 0.4) is 0 Å². The Morgan fingerprint density at radius 2 is 1.93 bits per heavy atom. The van der Waals surface area contributed by atoms with Gasteiger partial charge in [0.25, 0.3) is 0 Å². The maximum Gasteiger partial charge on any atom is 0.128 e. The Hall–Kier alpha value is -1.74. The fraction of sp³-hybridized carbons (Fsp3) is 0.583. The fourth-order valence-corrected chi connectivity index (χ4v) is 3.53. The SMILES string of the molecule is CCCCCc1cc(O)c(C/C=C(\C)CCC=C(C)C)c(O)c1C1CCO1. The molecule has 1 saturated heterocycles. The Labute approximate surface area is 164 Å². The van der Waals surface area contributed by atoms with Gasteiger partial charge in [-0.25, -0.2) is 0 Å². The van der Waals surface area contributed by atoms with E-state index in [1.807, 2.05) is 6.07 Å². The summed E-state index contributed by atoms with van der Waals surface area (Å²) in [5, 5.41) is 21.5. The summed E-state index contributed by atoms with van der Waals surface area (Å²) in [6.07, 6.45) is 12.1. The zero-order chi connectivity index (χ0) is 19.8. The summed E-state index contributed by atoms with van der Waals surface area (Å²) in [7, 11) is 0. The van der Waals surface area contributed by atoms with Crippen LogP contribution in [-0.4, -0.2) is 16.8 Å². The molecule has 3 nitrogen and oxygen atoms in total. The van der Waals surface area contributed by atoms with Gasteiger partial charge >= 0.3 is 0 Å². The number of aryl methyl sites for hydroxylation is 1. The smallest absolute Gasteiger partial charge is 0.128 e. The highest BCUT2D eigenvalue weighted by atomic mass is 16.5. The number of phenolic OH excluding ortho intramolecular Hbond substituents is 2. The molecule has 0 saturated carbocycles. The van der Waals surface area contributed by atoms with Crippen LogP contribution >= 0.6 is 0 Å². The van der Waals surface area contributed by atoms with Crippen molar-refractivity contribution < 1.29 is 14.9 Å². The molecule has 3 heteroatoms. The van der Waals surface area contributed by atoms with E-state index in [0.29, 0.717) is 12.0 Å². The molecule has 27 heavy (non-hydrogen) atoms. The highest BCUT2D eigenvalue weighted by molar-refractivity contribution is 5.55. The minimum absolute atomic E-state index is 0.0243. The van der Waals surface area contributed by atoms with E-state index in [1.165, 1.54) is 11.1 Å². The maximum atomic E-state index is 10.9. The molecule has 1 fully saturated rings. The molecule has 0 spiro atoms. The highest BCUT2D eigenvalue weighted by Gasteiger charge is 2.28. The van der Waals surface area contributed by atoms with Crippen molar-refractivity contribution in [1.29, 1.82) is 0 Å². The topological polar surface area (TPSA) is 49.7 Å². The van der Waals surface area contributed by atoms with Crippen LogP contribution in [0.15, 0.2) is 29.4 Å². The van der Waals surface area contributed by atoms with Crippen LogP contribution in [0.2, 0.25) is 0 Å². The standard InChI is InChI=1S/C24H36O3/c1-5-6-7-11-19-16-21(25)20(24(26)23(19)22-14-15-27-22)13-12-18(4)10-8-9-17(2)3/h9,12,16,22,25-26H,5-8,10-11,13-15H2,1-4H3/b18-12+. The summed E-state index contributed by atoms with van der Waals surface area (Å²) in [5.41, 5.74) is 5.18. The number of ether oxygens (including phenoxy) is 1. The Bertz CT molecular complexity index is 677. The first-order valence-electron chi connectivity index (χ1n) is 10.4. The average molecular weight is 373 g/mol. The van der Waals surface area contributed by atoms with Crippen LogP contribution in [-0.2, 0) is 17.6 Å². The van der Waals surface area contributed by atoms with Crippen LogP contribution in [0.5, 0.6) is 11.5 Å². The van der Waals surface area contributed by atoms with Crippen LogP contribution in [0.4, 0.5) is 0 Å². The van der Waals surface area contributed by atoms with E-state index in [2.05, 4.69) is 39.8 Å². The van der Waals surface area contributed by atoms with Gasteiger partial charge in [0.15, 0.2) is 0 Å². The molecule has 1 aromatic rings. The van der Waals surface area contributed by atoms with E-state index in [0.717, 1.165) is 62.7 Å². The first-order valence-corrected chi connectivity index (χ1v) is 10.4. The van der Waals surface area contributed by atoms with Crippen molar-refractivity contribution in [2.45, 2.75) is 85.2 Å². The first-order chi connectivity index (χ1) is 12.9. The summed E-state index contributed by atoms with van der Waals surface area (Å²) in [6.45, 7) is 9.27. The van der Waals surface area contributed by atoms with Crippen molar-refractivity contribution in [1.82, 2.24) is 0 Å². The van der Waals surface area contributed by atoms with Gasteiger partial charge in [-0.2, -0.15) is 0 Å². The van der Waals surface area contributed by atoms with Crippen molar-refractivity contribution in [3.63, 3.8) is 0 Å². The maximum absolute atomic E-state index is 10.9. The van der Waals surface area contributed by atoms with E-state index < -0.39 is 0 Å². The molecule has 1 heterocycles. The molecule has 0 bridgehead atoms. The van der Waals surface area contributed by atoms with Gasteiger partial charge < -0.3 is 14.9 Å². The van der Waals surface area contributed by atoms with Crippen LogP contribution in [0, 0.1) is 0 Å². The summed E-state index contributed by atoms with van der Waals surface area (Å²) in [5.74, 6) is 0.440. The van der Waals surface area contributed by atoms with Gasteiger partial charge in [0.1, 0.15) is 11.5 Å². The largest absolute Gasteiger partial charge is 0.508 e. The number of benzene rings is 1. The van der Waals surface area contributed by atoms with Gasteiger partial charge in [0, 0.05) is 17.5 Å². The lowest BCUT2D eigenvalue weighted by atomic mass is 9.89. The summed E-state index contributed by atoms with van der Waals surface area (Å²) in [6, 6.07) is 1.86. The summed E-state index contributed by atoms with van der Waals surface area (Å²) >= 11 is 0. The molecule has 0 radical (unpaired) electrons. The average Bonchev–Trinajstić information content (AvgIpc) is 2.56. The number of hydrogen-bond donors (Lipinski definition) is 2. The predicted octanol–water partition coefficient (Wildman–Crippen LogP) is 6.53. The molecule has 1 aromatic carbocycles. The third kappa shape index (κ3) is 6.14. The molecule has 0 amide bonds. The van der Waals surface area contributed by atoms with E-state index in [-0.39, 0.29) is 17.6 Å². The molecule has 0 aromatic heterocycles. The minimum Gasteiger partial charge on any atom is -0.508 e. The Balaban J connectivity index is 2.19. The number of rotatable bonds is 10. The number of aromatic hydroxyl groups is 2. The van der Waals surface area contributed by atoms with Crippen LogP contribution in [0.25, 0.3) is 0 Å². The van der Waals surface area contributed by atoms with Gasteiger partial charge in [-0.05, 0) is 64.5 Å². The van der Waals surface area contributed by atoms with Crippen LogP contribution < -0.4 is 0 Å².